The third kappa shape index (κ3) is 10.3. The highest BCUT2D eigenvalue weighted by molar-refractivity contribution is 5.92. The lowest BCUT2D eigenvalue weighted by atomic mass is 9.99. The van der Waals surface area contributed by atoms with Gasteiger partial charge >= 0.3 is 6.09 Å². The molecule has 6 rings (SSSR count). The van der Waals surface area contributed by atoms with E-state index < -0.39 is 12.2 Å². The summed E-state index contributed by atoms with van der Waals surface area (Å²) in [6.07, 6.45) is 2.03. The van der Waals surface area contributed by atoms with E-state index in [0.29, 0.717) is 54.5 Å². The molecule has 2 amide bonds. The number of H-pyrrole nitrogens is 1. The zero-order chi connectivity index (χ0) is 38.1. The number of aromatic hydroxyl groups is 1. The minimum Gasteiger partial charge on any atom is -0.506 e. The number of piperidine rings is 1. The lowest BCUT2D eigenvalue weighted by Crippen LogP contribution is -2.48. The van der Waals surface area contributed by atoms with Gasteiger partial charge < -0.3 is 35.1 Å². The number of amides is 2. The van der Waals surface area contributed by atoms with Gasteiger partial charge in [0, 0.05) is 55.9 Å². The number of pyridine rings is 1. The lowest BCUT2D eigenvalue weighted by molar-refractivity contribution is -0.896. The van der Waals surface area contributed by atoms with E-state index in [4.69, 9.17) is 4.74 Å². The fourth-order valence-electron chi connectivity index (χ4n) is 6.90. The molecule has 5 aromatic rings. The number of quaternary nitrogens is 1. The van der Waals surface area contributed by atoms with Gasteiger partial charge in [0.1, 0.15) is 11.9 Å². The molecule has 0 spiro atoms. The first-order valence-corrected chi connectivity index (χ1v) is 18.6. The van der Waals surface area contributed by atoms with E-state index in [0.717, 1.165) is 58.2 Å². The third-order valence-electron chi connectivity index (χ3n) is 10.1. The predicted molar refractivity (Wildman–Crippen MR) is 211 cm³/mol. The van der Waals surface area contributed by atoms with Crippen LogP contribution in [0.5, 0.6) is 5.75 Å². The Balaban J connectivity index is 0.949. The van der Waals surface area contributed by atoms with Crippen LogP contribution >= 0.6 is 0 Å². The number of aromatic amines is 1. The summed E-state index contributed by atoms with van der Waals surface area (Å²) in [5.41, 5.74) is 6.22. The highest BCUT2D eigenvalue weighted by Crippen LogP contribution is 2.31. The molecule has 1 aromatic heterocycles. The van der Waals surface area contributed by atoms with E-state index in [1.165, 1.54) is 12.1 Å². The van der Waals surface area contributed by atoms with Crippen molar-refractivity contribution in [3.8, 4) is 16.9 Å². The van der Waals surface area contributed by atoms with Gasteiger partial charge in [-0.15, -0.1) is 0 Å². The normalized spacial score (nSPS) is 14.7. The molecule has 0 saturated carbocycles. The van der Waals surface area contributed by atoms with Gasteiger partial charge in [0.2, 0.25) is 11.5 Å². The molecule has 1 atom stereocenters. The average Bonchev–Trinajstić information content (AvgIpc) is 3.16. The van der Waals surface area contributed by atoms with Crippen LogP contribution in [0.4, 0.5) is 10.5 Å². The number of likely N-dealkylation sites (tertiary alicyclic amines) is 1. The van der Waals surface area contributed by atoms with E-state index in [-0.39, 0.29) is 29.9 Å². The molecule has 1 aliphatic heterocycles. The van der Waals surface area contributed by atoms with Crippen molar-refractivity contribution in [3.05, 3.63) is 130 Å². The van der Waals surface area contributed by atoms with Crippen molar-refractivity contribution in [1.29, 1.82) is 0 Å². The Kier molecular flexibility index (Phi) is 12.4. The molecule has 0 unspecified atom stereocenters. The molecule has 11 heteroatoms. The summed E-state index contributed by atoms with van der Waals surface area (Å²) in [6.45, 7) is 3.17. The van der Waals surface area contributed by atoms with Crippen molar-refractivity contribution < 1.29 is 29.0 Å². The first-order chi connectivity index (χ1) is 26.0. The summed E-state index contributed by atoms with van der Waals surface area (Å²) >= 11 is 0. The SMILES string of the molecule is C[N+]1(C)CCC(OC(=O)Nc2cc(CCCC(=O)NCc3ccc(CNC[C@H](O)c4ccc(O)c5[nH]c(=O)ccc45)cc3)ccc2-c2ccccc2)CC1. The largest absolute Gasteiger partial charge is 0.506 e. The van der Waals surface area contributed by atoms with Gasteiger partial charge in [-0.05, 0) is 58.9 Å². The molecule has 0 aliphatic carbocycles. The van der Waals surface area contributed by atoms with Crippen molar-refractivity contribution in [2.24, 2.45) is 0 Å². The van der Waals surface area contributed by atoms with E-state index in [9.17, 15) is 24.6 Å². The van der Waals surface area contributed by atoms with Crippen LogP contribution < -0.4 is 21.5 Å². The number of nitrogens with one attached hydrogen (secondary N) is 4. The van der Waals surface area contributed by atoms with E-state index in [2.05, 4.69) is 35.0 Å². The molecule has 0 bridgehead atoms. The Labute approximate surface area is 315 Å². The summed E-state index contributed by atoms with van der Waals surface area (Å²) < 4.78 is 6.76. The van der Waals surface area contributed by atoms with Gasteiger partial charge in [-0.3, -0.25) is 14.9 Å². The maximum Gasteiger partial charge on any atom is 0.411 e. The minimum atomic E-state index is -0.844. The van der Waals surface area contributed by atoms with Crippen LogP contribution in [-0.4, -0.2) is 71.5 Å². The average molecular weight is 733 g/mol. The number of aryl methyl sites for hydroxylation is 1. The molecule has 54 heavy (non-hydrogen) atoms. The Morgan fingerprint density at radius 2 is 1.59 bits per heavy atom. The predicted octanol–water partition coefficient (Wildman–Crippen LogP) is 6.15. The summed E-state index contributed by atoms with van der Waals surface area (Å²) in [7, 11) is 4.40. The Morgan fingerprint density at radius 1 is 0.889 bits per heavy atom. The van der Waals surface area contributed by atoms with Gasteiger partial charge in [0.05, 0.1) is 44.5 Å². The highest BCUT2D eigenvalue weighted by Gasteiger charge is 2.28. The number of aliphatic hydroxyl groups is 1. The number of fused-ring (bicyclic) bond motifs is 1. The summed E-state index contributed by atoms with van der Waals surface area (Å²) in [5.74, 6) is -0.0768. The molecule has 4 aromatic carbocycles. The van der Waals surface area contributed by atoms with Gasteiger partial charge in [-0.2, -0.15) is 0 Å². The van der Waals surface area contributed by atoms with Crippen LogP contribution in [0.1, 0.15) is 54.0 Å². The molecule has 0 radical (unpaired) electrons. The molecule has 282 valence electrons. The van der Waals surface area contributed by atoms with E-state index >= 15 is 0 Å². The zero-order valence-corrected chi connectivity index (χ0v) is 30.9. The van der Waals surface area contributed by atoms with Crippen LogP contribution in [0.15, 0.2) is 102 Å². The van der Waals surface area contributed by atoms with Gasteiger partial charge in [0.15, 0.2) is 0 Å². The van der Waals surface area contributed by atoms with Crippen LogP contribution in [0.2, 0.25) is 0 Å². The van der Waals surface area contributed by atoms with Crippen LogP contribution in [0.3, 0.4) is 0 Å². The molecule has 1 fully saturated rings. The van der Waals surface area contributed by atoms with Crippen molar-refractivity contribution in [2.75, 3.05) is 39.0 Å². The van der Waals surface area contributed by atoms with E-state index in [1.54, 1.807) is 12.1 Å². The number of rotatable bonds is 14. The molecule has 2 heterocycles. The molecule has 11 nitrogen and oxygen atoms in total. The Bertz CT molecular complexity index is 2110. The van der Waals surface area contributed by atoms with Gasteiger partial charge in [-0.25, -0.2) is 4.79 Å². The van der Waals surface area contributed by atoms with Crippen molar-refractivity contribution >= 4 is 28.6 Å². The Morgan fingerprint density at radius 3 is 2.33 bits per heavy atom. The third-order valence-corrected chi connectivity index (χ3v) is 10.1. The molecule has 1 saturated heterocycles. The highest BCUT2D eigenvalue weighted by atomic mass is 16.6. The number of phenols is 1. The molecule has 6 N–H and O–H groups in total. The fraction of sp³-hybridized carbons (Fsp3) is 0.326. The fourth-order valence-corrected chi connectivity index (χ4v) is 6.90. The lowest BCUT2D eigenvalue weighted by Gasteiger charge is -2.36. The van der Waals surface area contributed by atoms with E-state index in [1.807, 2.05) is 72.8 Å². The van der Waals surface area contributed by atoms with Crippen molar-refractivity contribution in [3.63, 3.8) is 0 Å². The second kappa shape index (κ2) is 17.6. The number of hydrogen-bond donors (Lipinski definition) is 6. The first-order valence-electron chi connectivity index (χ1n) is 18.6. The number of aromatic nitrogens is 1. The molecular formula is C43H50N5O6+. The summed E-state index contributed by atoms with van der Waals surface area (Å²) in [4.78, 5) is 40.1. The Hall–Kier alpha value is -5.49. The summed E-state index contributed by atoms with van der Waals surface area (Å²) in [6, 6.07) is 30.0. The topological polar surface area (TPSA) is 153 Å². The number of ether oxygens (including phenoxy) is 1. The maximum atomic E-state index is 13.0. The number of benzene rings is 4. The number of phenolic OH excluding ortho intramolecular Hbond substituents is 1. The monoisotopic (exact) mass is 732 g/mol. The second-order valence-electron chi connectivity index (χ2n) is 14.7. The molecule has 1 aliphatic rings. The van der Waals surface area contributed by atoms with Crippen LogP contribution in [0.25, 0.3) is 22.0 Å². The van der Waals surface area contributed by atoms with Gasteiger partial charge in [-0.1, -0.05) is 72.8 Å². The first kappa shape index (κ1) is 38.2. The standard InChI is InChI=1S/C43H49N5O6/c1-48(2)23-21-33(22-24-48)54-43(53)46-37-25-29(15-16-34(37)32-8-4-3-5-9-32)7-6-10-40(51)45-27-31-13-11-30(12-14-31)26-44-28-39(50)35-17-19-38(49)42-36(35)18-20-41(52)47-42/h3-5,8-9,11-20,25,33,39,44,50H,6-7,10,21-24,26-28H2,1-2H3,(H3-,45,46,47,49,51,52,53)/p+1/t39-/m0/s1. The maximum absolute atomic E-state index is 13.0. The number of carbonyl (C=O) groups is 2. The number of carbonyl (C=O) groups excluding carboxylic acids is 2. The number of hydrogen-bond acceptors (Lipinski definition) is 7. The van der Waals surface area contributed by atoms with Crippen LogP contribution in [0, 0.1) is 0 Å². The second-order valence-corrected chi connectivity index (χ2v) is 14.7. The number of anilines is 1. The van der Waals surface area contributed by atoms with Crippen molar-refractivity contribution in [2.45, 2.75) is 57.4 Å². The molecular weight excluding hydrogens is 683 g/mol. The van der Waals surface area contributed by atoms with Crippen molar-refractivity contribution in [1.82, 2.24) is 15.6 Å². The zero-order valence-electron chi connectivity index (χ0n) is 30.9. The quantitative estimate of drug-likeness (QED) is 0.0750. The van der Waals surface area contributed by atoms with Crippen LogP contribution in [-0.2, 0) is 29.0 Å². The smallest absolute Gasteiger partial charge is 0.411 e. The van der Waals surface area contributed by atoms with Gasteiger partial charge in [0.25, 0.3) is 0 Å². The minimum absolute atomic E-state index is 0.0299. The number of aliphatic hydroxyl groups excluding tert-OH is 1. The number of nitrogens with zero attached hydrogens (tertiary/aromatic N) is 1. The summed E-state index contributed by atoms with van der Waals surface area (Å²) in [5, 5.41) is 30.8.